The van der Waals surface area contributed by atoms with E-state index in [0.717, 1.165) is 44.6 Å². The summed E-state index contributed by atoms with van der Waals surface area (Å²) in [6.45, 7) is 5.50. The van der Waals surface area contributed by atoms with E-state index in [2.05, 4.69) is 35.2 Å². The molecule has 32 heavy (non-hydrogen) atoms. The molecule has 2 aromatic rings. The fourth-order valence-corrected chi connectivity index (χ4v) is 4.30. The molecule has 2 saturated heterocycles. The second-order valence-electron chi connectivity index (χ2n) is 8.67. The van der Waals surface area contributed by atoms with Crippen molar-refractivity contribution in [2.75, 3.05) is 53.0 Å². The molecule has 0 spiro atoms. The third-order valence-electron chi connectivity index (χ3n) is 6.21. The van der Waals surface area contributed by atoms with Gasteiger partial charge in [0.15, 0.2) is 0 Å². The zero-order valence-electron chi connectivity index (χ0n) is 18.9. The predicted molar refractivity (Wildman–Crippen MR) is 124 cm³/mol. The number of rotatable bonds is 8. The molecule has 0 aromatic heterocycles. The fourth-order valence-electron chi connectivity index (χ4n) is 4.30. The molecule has 6 heteroatoms. The Morgan fingerprint density at radius 3 is 2.50 bits per heavy atom. The van der Waals surface area contributed by atoms with Gasteiger partial charge in [-0.2, -0.15) is 0 Å². The number of amides is 1. The first kappa shape index (κ1) is 22.8. The van der Waals surface area contributed by atoms with Crippen molar-refractivity contribution in [3.05, 3.63) is 65.7 Å². The Kier molecular flexibility index (Phi) is 8.15. The van der Waals surface area contributed by atoms with Crippen molar-refractivity contribution in [2.45, 2.75) is 31.5 Å². The lowest BCUT2D eigenvalue weighted by Crippen LogP contribution is -2.40. The van der Waals surface area contributed by atoms with Crippen molar-refractivity contribution in [1.82, 2.24) is 9.80 Å². The fraction of sp³-hybridized carbons (Fsp3) is 0.500. The van der Waals surface area contributed by atoms with Gasteiger partial charge in [-0.05, 0) is 49.1 Å². The van der Waals surface area contributed by atoms with Gasteiger partial charge in [0.05, 0.1) is 25.9 Å². The largest absolute Gasteiger partial charge is 0.490 e. The lowest BCUT2D eigenvalue weighted by molar-refractivity contribution is -0.0933. The van der Waals surface area contributed by atoms with Gasteiger partial charge in [-0.3, -0.25) is 4.79 Å². The van der Waals surface area contributed by atoms with E-state index in [4.69, 9.17) is 14.2 Å². The standard InChI is InChI=1S/C26H34N2O4/c1-27(19-25-20-30-17-18-31-25)26(29)22-7-9-23(10-8-22)32-24-12-15-28(16-13-24)14-11-21-5-3-2-4-6-21/h2-10,24-25H,11-20H2,1H3/t25-/m1/s1. The number of carbonyl (C=O) groups excluding carboxylic acids is 1. The van der Waals surface area contributed by atoms with Crippen LogP contribution in [0.3, 0.4) is 0 Å². The number of ether oxygens (including phenoxy) is 3. The second kappa shape index (κ2) is 11.5. The molecule has 172 valence electrons. The van der Waals surface area contributed by atoms with Gasteiger partial charge in [0.25, 0.3) is 5.91 Å². The number of piperidine rings is 1. The van der Waals surface area contributed by atoms with E-state index in [1.54, 1.807) is 11.9 Å². The molecule has 6 nitrogen and oxygen atoms in total. The van der Waals surface area contributed by atoms with Gasteiger partial charge in [-0.15, -0.1) is 0 Å². The monoisotopic (exact) mass is 438 g/mol. The maximum atomic E-state index is 12.7. The van der Waals surface area contributed by atoms with Gasteiger partial charge < -0.3 is 24.0 Å². The summed E-state index contributed by atoms with van der Waals surface area (Å²) in [6.07, 6.45) is 3.33. The van der Waals surface area contributed by atoms with E-state index >= 15 is 0 Å². The van der Waals surface area contributed by atoms with Crippen molar-refractivity contribution in [3.8, 4) is 5.75 Å². The van der Waals surface area contributed by atoms with Gasteiger partial charge >= 0.3 is 0 Å². The highest BCUT2D eigenvalue weighted by molar-refractivity contribution is 5.94. The normalized spacial score (nSPS) is 20.1. The lowest BCUT2D eigenvalue weighted by Gasteiger charge is -2.32. The lowest BCUT2D eigenvalue weighted by atomic mass is 10.1. The van der Waals surface area contributed by atoms with E-state index in [-0.39, 0.29) is 18.1 Å². The van der Waals surface area contributed by atoms with Crippen LogP contribution in [-0.4, -0.2) is 81.0 Å². The van der Waals surface area contributed by atoms with Crippen LogP contribution in [0.15, 0.2) is 54.6 Å². The Labute approximate surface area is 191 Å². The van der Waals surface area contributed by atoms with Crippen molar-refractivity contribution < 1.29 is 19.0 Å². The van der Waals surface area contributed by atoms with Crippen LogP contribution in [-0.2, 0) is 15.9 Å². The zero-order chi connectivity index (χ0) is 22.2. The average molecular weight is 439 g/mol. The molecule has 2 aliphatic rings. The van der Waals surface area contributed by atoms with Crippen LogP contribution in [0.25, 0.3) is 0 Å². The molecule has 0 bridgehead atoms. The van der Waals surface area contributed by atoms with Crippen LogP contribution in [0.4, 0.5) is 0 Å². The van der Waals surface area contributed by atoms with E-state index in [0.29, 0.717) is 31.9 Å². The van der Waals surface area contributed by atoms with Crippen LogP contribution in [0.2, 0.25) is 0 Å². The molecule has 0 radical (unpaired) electrons. The molecule has 2 aromatic carbocycles. The van der Waals surface area contributed by atoms with Crippen LogP contribution in [0, 0.1) is 0 Å². The minimum Gasteiger partial charge on any atom is -0.490 e. The van der Waals surface area contributed by atoms with Gasteiger partial charge in [0.1, 0.15) is 11.9 Å². The smallest absolute Gasteiger partial charge is 0.253 e. The summed E-state index contributed by atoms with van der Waals surface area (Å²) in [4.78, 5) is 16.9. The third-order valence-corrected chi connectivity index (χ3v) is 6.21. The van der Waals surface area contributed by atoms with Crippen molar-refractivity contribution in [2.24, 2.45) is 0 Å². The first-order valence-corrected chi connectivity index (χ1v) is 11.7. The Bertz CT molecular complexity index is 829. The van der Waals surface area contributed by atoms with Crippen LogP contribution < -0.4 is 4.74 Å². The van der Waals surface area contributed by atoms with Gasteiger partial charge in [0, 0.05) is 38.8 Å². The van der Waals surface area contributed by atoms with E-state index in [9.17, 15) is 4.79 Å². The highest BCUT2D eigenvalue weighted by Gasteiger charge is 2.22. The van der Waals surface area contributed by atoms with Gasteiger partial charge in [-0.25, -0.2) is 0 Å². The maximum Gasteiger partial charge on any atom is 0.253 e. The summed E-state index contributed by atoms with van der Waals surface area (Å²) < 4.78 is 17.3. The minimum atomic E-state index is -0.0566. The van der Waals surface area contributed by atoms with Crippen LogP contribution in [0.5, 0.6) is 5.75 Å². The Hall–Kier alpha value is -2.41. The molecule has 2 fully saturated rings. The second-order valence-corrected chi connectivity index (χ2v) is 8.67. The zero-order valence-corrected chi connectivity index (χ0v) is 18.9. The number of likely N-dealkylation sites (N-methyl/N-ethyl adjacent to an activating group) is 1. The predicted octanol–water partition coefficient (Wildman–Crippen LogP) is 3.26. The quantitative estimate of drug-likeness (QED) is 0.633. The topological polar surface area (TPSA) is 51.2 Å². The number of likely N-dealkylation sites (tertiary alicyclic amines) is 1. The molecule has 4 rings (SSSR count). The maximum absolute atomic E-state index is 12.7. The molecule has 0 N–H and O–H groups in total. The third kappa shape index (κ3) is 6.55. The van der Waals surface area contributed by atoms with Crippen molar-refractivity contribution in [3.63, 3.8) is 0 Å². The Balaban J connectivity index is 1.19. The molecule has 2 heterocycles. The molecule has 0 unspecified atom stereocenters. The molecule has 2 aliphatic heterocycles. The average Bonchev–Trinajstić information content (AvgIpc) is 2.85. The van der Waals surface area contributed by atoms with Gasteiger partial charge in [0.2, 0.25) is 0 Å². The van der Waals surface area contributed by atoms with E-state index in [1.807, 2.05) is 24.3 Å². The van der Waals surface area contributed by atoms with Gasteiger partial charge in [-0.1, -0.05) is 30.3 Å². The summed E-state index contributed by atoms with van der Waals surface area (Å²) >= 11 is 0. The Morgan fingerprint density at radius 1 is 1.06 bits per heavy atom. The Morgan fingerprint density at radius 2 is 1.81 bits per heavy atom. The molecule has 1 amide bonds. The molecular formula is C26H34N2O4. The summed E-state index contributed by atoms with van der Waals surface area (Å²) in [5.74, 6) is 0.813. The number of hydrogen-bond donors (Lipinski definition) is 0. The van der Waals surface area contributed by atoms with Crippen molar-refractivity contribution in [1.29, 1.82) is 0 Å². The highest BCUT2D eigenvalue weighted by atomic mass is 16.6. The van der Waals surface area contributed by atoms with E-state index in [1.165, 1.54) is 5.56 Å². The molecular weight excluding hydrogens is 404 g/mol. The summed E-state index contributed by atoms with van der Waals surface area (Å²) in [5, 5.41) is 0. The molecule has 1 atom stereocenters. The summed E-state index contributed by atoms with van der Waals surface area (Å²) in [5.41, 5.74) is 2.05. The SMILES string of the molecule is CN(C[C@@H]1COCCO1)C(=O)c1ccc(OC2CCN(CCc3ccccc3)CC2)cc1. The summed E-state index contributed by atoms with van der Waals surface area (Å²) in [7, 11) is 1.80. The molecule has 0 aliphatic carbocycles. The highest BCUT2D eigenvalue weighted by Crippen LogP contribution is 2.20. The minimum absolute atomic E-state index is 0.0163. The van der Waals surface area contributed by atoms with Crippen molar-refractivity contribution >= 4 is 5.91 Å². The molecule has 0 saturated carbocycles. The first-order chi connectivity index (χ1) is 15.7. The van der Waals surface area contributed by atoms with E-state index < -0.39 is 0 Å². The number of carbonyl (C=O) groups is 1. The summed E-state index contributed by atoms with van der Waals surface area (Å²) in [6, 6.07) is 18.2. The number of hydrogen-bond acceptors (Lipinski definition) is 5. The number of benzene rings is 2. The first-order valence-electron chi connectivity index (χ1n) is 11.7. The van der Waals surface area contributed by atoms with Crippen LogP contribution in [0.1, 0.15) is 28.8 Å². The van der Waals surface area contributed by atoms with Crippen LogP contribution >= 0.6 is 0 Å². The number of nitrogens with zero attached hydrogens (tertiary/aromatic N) is 2.